The summed E-state index contributed by atoms with van der Waals surface area (Å²) < 4.78 is 0.148. The monoisotopic (exact) mass is 905 g/mol. The van der Waals surface area contributed by atoms with Crippen molar-refractivity contribution in [2.45, 2.75) is 151 Å². The normalized spacial score (nSPS) is 21.3. The van der Waals surface area contributed by atoms with Gasteiger partial charge in [-0.15, -0.1) is 0 Å². The van der Waals surface area contributed by atoms with Gasteiger partial charge in [-0.05, 0) is 0 Å². The first-order valence-corrected chi connectivity index (χ1v) is 39.3. The molecular formula is C54H69Cl2SiZr. The average Bonchev–Trinajstić information content (AvgIpc) is 3.76. The molecule has 8 rings (SSSR count). The maximum absolute atomic E-state index is 9.01. The van der Waals surface area contributed by atoms with Gasteiger partial charge in [0.2, 0.25) is 0 Å². The molecule has 307 valence electrons. The van der Waals surface area contributed by atoms with Crippen molar-refractivity contribution >= 4 is 35.1 Å². The summed E-state index contributed by atoms with van der Waals surface area (Å²) in [6, 6.07) is 33.4. The van der Waals surface area contributed by atoms with Crippen LogP contribution in [0.1, 0.15) is 171 Å². The van der Waals surface area contributed by atoms with Gasteiger partial charge in [0, 0.05) is 0 Å². The van der Waals surface area contributed by atoms with Crippen LogP contribution >= 0.6 is 17.0 Å². The summed E-state index contributed by atoms with van der Waals surface area (Å²) in [4.78, 5) is 0. The summed E-state index contributed by atoms with van der Waals surface area (Å²) in [5.74, 6) is -0.310. The molecule has 0 radical (unpaired) electrons. The van der Waals surface area contributed by atoms with Gasteiger partial charge < -0.3 is 0 Å². The van der Waals surface area contributed by atoms with Gasteiger partial charge in [0.15, 0.2) is 0 Å². The summed E-state index contributed by atoms with van der Waals surface area (Å²) >= 11 is -5.02. The summed E-state index contributed by atoms with van der Waals surface area (Å²) in [7, 11) is 18.0. The molecule has 0 saturated heterocycles. The first-order valence-electron chi connectivity index (χ1n) is 23.0. The van der Waals surface area contributed by atoms with E-state index in [2.05, 4.69) is 152 Å². The quantitative estimate of drug-likeness (QED) is 0.147. The van der Waals surface area contributed by atoms with Crippen molar-refractivity contribution < 1.29 is 15.6 Å². The molecule has 4 aromatic rings. The molecule has 4 aliphatic rings. The minimum absolute atomic E-state index is 0.0740. The molecule has 4 aliphatic carbocycles. The van der Waals surface area contributed by atoms with Crippen molar-refractivity contribution in [2.24, 2.45) is 10.8 Å². The third-order valence-corrected chi connectivity index (χ3v) is 66.4. The third kappa shape index (κ3) is 8.21. The number of halogens is 2. The molecule has 0 aromatic heterocycles. The Labute approximate surface area is 361 Å². The van der Waals surface area contributed by atoms with Gasteiger partial charge in [0.25, 0.3) is 0 Å². The van der Waals surface area contributed by atoms with E-state index in [1.807, 2.05) is 0 Å². The SMILES string of the molecule is C[SiH](C)[Zr]([Cl])([Cl])([CH]1C(CC(C)(C)C)=Cc2c(-c3ccc(C4CCCCC4)cc3)cccc21)[CH]1C(CC(C)(C)C)=Cc2c(-c3ccc(C4CCCCC4)cc3)cccc21. The van der Waals surface area contributed by atoms with Crippen molar-refractivity contribution in [1.29, 1.82) is 0 Å². The second-order valence-corrected chi connectivity index (χ2v) is 64.2. The minimum atomic E-state index is -5.02. The van der Waals surface area contributed by atoms with Gasteiger partial charge in [-0.1, -0.05) is 0 Å². The van der Waals surface area contributed by atoms with Crippen LogP contribution < -0.4 is 0 Å². The van der Waals surface area contributed by atoms with Crippen molar-refractivity contribution in [3.05, 3.63) is 129 Å². The van der Waals surface area contributed by atoms with Crippen molar-refractivity contribution in [1.82, 2.24) is 0 Å². The van der Waals surface area contributed by atoms with Crippen LogP contribution in [0.15, 0.2) is 96.1 Å². The molecule has 4 aromatic carbocycles. The van der Waals surface area contributed by atoms with E-state index in [0.29, 0.717) is 11.8 Å². The Bertz CT molecular complexity index is 2030. The van der Waals surface area contributed by atoms with Crippen LogP contribution in [0.25, 0.3) is 34.4 Å². The molecule has 0 nitrogen and oxygen atoms in total. The Balaban J connectivity index is 1.26. The van der Waals surface area contributed by atoms with E-state index in [0.717, 1.165) is 12.8 Å². The van der Waals surface area contributed by atoms with Crippen LogP contribution in [0.4, 0.5) is 0 Å². The zero-order chi connectivity index (χ0) is 41.1. The summed E-state index contributed by atoms with van der Waals surface area (Å²) in [6.45, 7) is 19.3. The van der Waals surface area contributed by atoms with E-state index in [4.69, 9.17) is 17.0 Å². The Morgan fingerprint density at radius 2 is 0.879 bits per heavy atom. The molecule has 2 unspecified atom stereocenters. The Morgan fingerprint density at radius 3 is 1.21 bits per heavy atom. The second kappa shape index (κ2) is 16.4. The Kier molecular flexibility index (Phi) is 12.1. The molecule has 0 bridgehead atoms. The molecule has 2 saturated carbocycles. The second-order valence-electron chi connectivity index (χ2n) is 21.7. The molecule has 4 heteroatoms. The van der Waals surface area contributed by atoms with E-state index in [1.54, 1.807) is 0 Å². The van der Waals surface area contributed by atoms with Gasteiger partial charge in [-0.25, -0.2) is 0 Å². The predicted octanol–water partition coefficient (Wildman–Crippen LogP) is 17.5. The summed E-state index contributed by atoms with van der Waals surface area (Å²) in [5, 5.41) is 0. The van der Waals surface area contributed by atoms with Gasteiger partial charge in [0.05, 0.1) is 0 Å². The van der Waals surface area contributed by atoms with Crippen molar-refractivity contribution in [3.63, 3.8) is 0 Å². The number of allylic oxidation sites excluding steroid dienone is 2. The van der Waals surface area contributed by atoms with Crippen LogP contribution in [0.3, 0.4) is 0 Å². The van der Waals surface area contributed by atoms with Gasteiger partial charge >= 0.3 is 364 Å². The maximum atomic E-state index is 9.01. The van der Waals surface area contributed by atoms with Crippen LogP contribution in [-0.2, 0) is 15.6 Å². The first-order chi connectivity index (χ1) is 27.5. The van der Waals surface area contributed by atoms with E-state index in [9.17, 15) is 0 Å². The first kappa shape index (κ1) is 42.7. The van der Waals surface area contributed by atoms with Crippen LogP contribution in [-0.4, -0.2) is 5.92 Å². The number of hydrogen-bond acceptors (Lipinski definition) is 0. The van der Waals surface area contributed by atoms with Gasteiger partial charge in [0.1, 0.15) is 0 Å². The van der Waals surface area contributed by atoms with Crippen LogP contribution in [0.2, 0.25) is 13.1 Å². The molecule has 0 heterocycles. The molecule has 0 spiro atoms. The van der Waals surface area contributed by atoms with E-state index in [-0.39, 0.29) is 18.1 Å². The third-order valence-electron chi connectivity index (χ3n) is 14.6. The fraction of sp³-hybridized carbons (Fsp3) is 0.481. The number of hydrogen-bond donors (Lipinski definition) is 0. The fourth-order valence-corrected chi connectivity index (χ4v) is 43.1. The van der Waals surface area contributed by atoms with Crippen molar-refractivity contribution in [3.8, 4) is 22.3 Å². The molecule has 2 atom stereocenters. The molecule has 0 amide bonds. The van der Waals surface area contributed by atoms with Crippen LogP contribution in [0, 0.1) is 10.8 Å². The van der Waals surface area contributed by atoms with Crippen molar-refractivity contribution in [2.75, 3.05) is 0 Å². The Hall–Kier alpha value is -1.96. The topological polar surface area (TPSA) is 0 Å². The fourth-order valence-electron chi connectivity index (χ4n) is 11.8. The predicted molar refractivity (Wildman–Crippen MR) is 256 cm³/mol. The number of fused-ring (bicyclic) bond motifs is 2. The van der Waals surface area contributed by atoms with Gasteiger partial charge in [-0.3, -0.25) is 0 Å². The summed E-state index contributed by atoms with van der Waals surface area (Å²) in [6.07, 6.45) is 20.6. The Morgan fingerprint density at radius 1 is 0.517 bits per heavy atom. The molecule has 0 N–H and O–H groups in total. The summed E-state index contributed by atoms with van der Waals surface area (Å²) in [5.41, 5.74) is 16.9. The van der Waals surface area contributed by atoms with E-state index in [1.165, 1.54) is 131 Å². The standard InChI is InChI=1S/2C26H31.C2H7Si.2ClH.Zr/c2*1-26(2,3)18-19-16-23-10-7-11-24(25(23)17-19)22-14-12-21(13-15-22)20-8-5-4-6-9-20;1-3-2;;;/h2*7,10-17,20H,4-6,8-9,18H2,1-3H3;3H,1-2H3;2*1H;/q;;;;;+2/p-2. The van der Waals surface area contributed by atoms with E-state index >= 15 is 0 Å². The molecule has 0 aliphatic heterocycles. The zero-order valence-electron chi connectivity index (χ0n) is 36.9. The molecule has 58 heavy (non-hydrogen) atoms. The zero-order valence-corrected chi connectivity index (χ0v) is 42.0. The van der Waals surface area contributed by atoms with Gasteiger partial charge in [-0.2, -0.15) is 0 Å². The molecule has 2 fully saturated rings. The molecular weight excluding hydrogens is 839 g/mol. The van der Waals surface area contributed by atoms with Crippen LogP contribution in [0.5, 0.6) is 0 Å². The number of benzene rings is 4. The number of rotatable bonds is 9. The average molecular weight is 908 g/mol. The van der Waals surface area contributed by atoms with E-state index < -0.39 is 21.5 Å².